The molecule has 2 unspecified atom stereocenters. The number of aryl methyl sites for hydroxylation is 2. The van der Waals surface area contributed by atoms with Crippen molar-refractivity contribution in [1.82, 2.24) is 20.0 Å². The number of nitrogens with zero attached hydrogens (tertiary/aromatic N) is 3. The van der Waals surface area contributed by atoms with Crippen molar-refractivity contribution in [2.75, 3.05) is 13.1 Å². The van der Waals surface area contributed by atoms with Gasteiger partial charge in [-0.3, -0.25) is 14.3 Å². The molecule has 1 aromatic rings. The van der Waals surface area contributed by atoms with Crippen LogP contribution < -0.4 is 11.1 Å². The lowest BCUT2D eigenvalue weighted by molar-refractivity contribution is -0.138. The van der Waals surface area contributed by atoms with Gasteiger partial charge in [0.15, 0.2) is 0 Å². The zero-order valence-corrected chi connectivity index (χ0v) is 17.6. The van der Waals surface area contributed by atoms with Crippen LogP contribution in [0.2, 0.25) is 0 Å². The van der Waals surface area contributed by atoms with Crippen molar-refractivity contribution >= 4 is 24.2 Å². The monoisotopic (exact) mass is 397 g/mol. The predicted molar refractivity (Wildman–Crippen MR) is 107 cm³/mol. The Kier molecular flexibility index (Phi) is 6.58. The Morgan fingerprint density at radius 3 is 2.41 bits per heavy atom. The Labute approximate surface area is 167 Å². The highest BCUT2D eigenvalue weighted by Gasteiger charge is 2.48. The maximum atomic E-state index is 13.4. The van der Waals surface area contributed by atoms with E-state index in [1.165, 1.54) is 0 Å². The van der Waals surface area contributed by atoms with Gasteiger partial charge in [0, 0.05) is 25.3 Å². The van der Waals surface area contributed by atoms with Crippen molar-refractivity contribution in [3.05, 3.63) is 17.0 Å². The molecule has 3 N–H and O–H groups in total. The minimum Gasteiger partial charge on any atom is -0.338 e. The Morgan fingerprint density at radius 1 is 1.30 bits per heavy atom. The third-order valence-corrected chi connectivity index (χ3v) is 6.21. The summed E-state index contributed by atoms with van der Waals surface area (Å²) in [6.07, 6.45) is 4.26. The van der Waals surface area contributed by atoms with Gasteiger partial charge in [0.2, 0.25) is 5.91 Å². The van der Waals surface area contributed by atoms with E-state index in [2.05, 4.69) is 17.3 Å². The number of hydrogen-bond acceptors (Lipinski definition) is 4. The lowest BCUT2D eigenvalue weighted by atomic mass is 9.94. The average Bonchev–Trinajstić information content (AvgIpc) is 3.26. The van der Waals surface area contributed by atoms with Crippen LogP contribution in [0.15, 0.2) is 0 Å². The lowest BCUT2D eigenvalue weighted by Crippen LogP contribution is -2.59. The first-order valence-corrected chi connectivity index (χ1v) is 9.63. The molecule has 8 heteroatoms. The molecule has 0 radical (unpaired) electrons. The highest BCUT2D eigenvalue weighted by Crippen LogP contribution is 2.35. The fraction of sp³-hybridized carbons (Fsp3) is 0.737. The van der Waals surface area contributed by atoms with E-state index in [1.807, 2.05) is 25.8 Å². The second kappa shape index (κ2) is 8.19. The molecule has 0 bridgehead atoms. The van der Waals surface area contributed by atoms with Crippen LogP contribution in [0.25, 0.3) is 0 Å². The second-order valence-electron chi connectivity index (χ2n) is 8.06. The Bertz CT molecular complexity index is 711. The zero-order valence-electron chi connectivity index (χ0n) is 16.7. The van der Waals surface area contributed by atoms with E-state index < -0.39 is 5.54 Å². The Morgan fingerprint density at radius 2 is 1.93 bits per heavy atom. The minimum atomic E-state index is -0.788. The van der Waals surface area contributed by atoms with E-state index in [4.69, 9.17) is 5.73 Å². The van der Waals surface area contributed by atoms with Crippen molar-refractivity contribution < 1.29 is 9.59 Å². The van der Waals surface area contributed by atoms with Crippen LogP contribution in [-0.4, -0.2) is 51.2 Å². The van der Waals surface area contributed by atoms with E-state index in [1.54, 1.807) is 4.68 Å². The summed E-state index contributed by atoms with van der Waals surface area (Å²) < 4.78 is 1.71. The van der Waals surface area contributed by atoms with Crippen LogP contribution in [-0.2, 0) is 11.8 Å². The fourth-order valence-electron chi connectivity index (χ4n) is 4.62. The van der Waals surface area contributed by atoms with Gasteiger partial charge in [-0.1, -0.05) is 12.8 Å². The number of rotatable bonds is 4. The van der Waals surface area contributed by atoms with E-state index in [0.29, 0.717) is 43.1 Å². The summed E-state index contributed by atoms with van der Waals surface area (Å²) in [7, 11) is 1.83. The van der Waals surface area contributed by atoms with Gasteiger partial charge in [-0.05, 0) is 52.5 Å². The van der Waals surface area contributed by atoms with Gasteiger partial charge in [0.25, 0.3) is 5.91 Å². The molecule has 2 heterocycles. The summed E-state index contributed by atoms with van der Waals surface area (Å²) in [6, 6.07) is 0.173. The van der Waals surface area contributed by atoms with E-state index in [9.17, 15) is 9.59 Å². The van der Waals surface area contributed by atoms with Crippen molar-refractivity contribution in [2.24, 2.45) is 18.7 Å². The van der Waals surface area contributed by atoms with Crippen molar-refractivity contribution in [1.29, 1.82) is 0 Å². The molecule has 1 saturated heterocycles. The Hall–Kier alpha value is -1.60. The molecule has 1 aliphatic heterocycles. The highest BCUT2D eigenvalue weighted by atomic mass is 35.5. The molecule has 2 fully saturated rings. The van der Waals surface area contributed by atoms with Crippen LogP contribution in [0, 0.1) is 19.8 Å². The van der Waals surface area contributed by atoms with Gasteiger partial charge in [0.1, 0.15) is 5.54 Å². The van der Waals surface area contributed by atoms with Gasteiger partial charge >= 0.3 is 0 Å². The Balaban J connectivity index is 0.00000261. The quantitative estimate of drug-likeness (QED) is 0.808. The third kappa shape index (κ3) is 3.85. The first-order chi connectivity index (χ1) is 12.3. The van der Waals surface area contributed by atoms with Crippen LogP contribution in [0.1, 0.15) is 60.8 Å². The predicted octanol–water partition coefficient (Wildman–Crippen LogP) is 1.70. The van der Waals surface area contributed by atoms with Crippen LogP contribution >= 0.6 is 12.4 Å². The molecule has 1 saturated carbocycles. The molecule has 2 aliphatic rings. The molecule has 3 rings (SSSR count). The summed E-state index contributed by atoms with van der Waals surface area (Å²) >= 11 is 0. The smallest absolute Gasteiger partial charge is 0.255 e. The van der Waals surface area contributed by atoms with Crippen LogP contribution in [0.5, 0.6) is 0 Å². The maximum Gasteiger partial charge on any atom is 0.255 e. The van der Waals surface area contributed by atoms with Gasteiger partial charge in [-0.25, -0.2) is 0 Å². The number of carbonyl (C=O) groups is 2. The van der Waals surface area contributed by atoms with Crippen molar-refractivity contribution in [3.63, 3.8) is 0 Å². The number of carbonyl (C=O) groups excluding carboxylic acids is 2. The fourth-order valence-corrected chi connectivity index (χ4v) is 4.62. The number of amides is 2. The van der Waals surface area contributed by atoms with E-state index >= 15 is 0 Å². The van der Waals surface area contributed by atoms with Crippen molar-refractivity contribution in [2.45, 2.75) is 64.5 Å². The average molecular weight is 398 g/mol. The topological polar surface area (TPSA) is 93.2 Å². The number of halogens is 1. The zero-order chi connectivity index (χ0) is 19.1. The van der Waals surface area contributed by atoms with Gasteiger partial charge < -0.3 is 16.0 Å². The molecule has 27 heavy (non-hydrogen) atoms. The summed E-state index contributed by atoms with van der Waals surface area (Å²) in [5.74, 6) is 0.225. The number of nitrogens with two attached hydrogens (primary N) is 1. The number of nitrogens with one attached hydrogen (secondary N) is 1. The van der Waals surface area contributed by atoms with Crippen molar-refractivity contribution in [3.8, 4) is 0 Å². The molecule has 1 aliphatic carbocycles. The normalized spacial score (nSPS) is 24.0. The highest BCUT2D eigenvalue weighted by molar-refractivity contribution is 6.01. The first kappa shape index (κ1) is 21.7. The number of aromatic nitrogens is 2. The summed E-state index contributed by atoms with van der Waals surface area (Å²) in [5.41, 5.74) is 7.13. The molecular weight excluding hydrogens is 366 g/mol. The maximum absolute atomic E-state index is 13.4. The molecule has 2 atom stereocenters. The summed E-state index contributed by atoms with van der Waals surface area (Å²) in [5, 5.41) is 7.45. The summed E-state index contributed by atoms with van der Waals surface area (Å²) in [6.45, 7) is 7.08. The third-order valence-electron chi connectivity index (χ3n) is 6.21. The van der Waals surface area contributed by atoms with E-state index in [0.717, 1.165) is 25.0 Å². The lowest BCUT2D eigenvalue weighted by Gasteiger charge is -2.35. The molecule has 7 nitrogen and oxygen atoms in total. The minimum absolute atomic E-state index is 0. The summed E-state index contributed by atoms with van der Waals surface area (Å²) in [4.78, 5) is 28.4. The molecule has 1 aromatic heterocycles. The first-order valence-electron chi connectivity index (χ1n) is 9.63. The van der Waals surface area contributed by atoms with Crippen LogP contribution in [0.3, 0.4) is 0 Å². The molecule has 2 amide bonds. The molecule has 0 aromatic carbocycles. The van der Waals surface area contributed by atoms with Crippen LogP contribution in [0.4, 0.5) is 0 Å². The number of hydrogen-bond donors (Lipinski definition) is 2. The molecule has 0 spiro atoms. The van der Waals surface area contributed by atoms with Gasteiger partial charge in [-0.2, -0.15) is 5.10 Å². The van der Waals surface area contributed by atoms with Gasteiger partial charge in [0.05, 0.1) is 11.3 Å². The second-order valence-corrected chi connectivity index (χ2v) is 8.06. The number of likely N-dealkylation sites (tertiary alicyclic amines) is 1. The largest absolute Gasteiger partial charge is 0.338 e. The van der Waals surface area contributed by atoms with Gasteiger partial charge in [-0.15, -0.1) is 12.4 Å². The molecular formula is C19H32ClN5O2. The van der Waals surface area contributed by atoms with E-state index in [-0.39, 0.29) is 30.3 Å². The SMILES string of the molecule is Cc1nn(C)c(C)c1C(=O)NC1(C(=O)N2CC(CN)CC2C)CCCC1.Cl. The molecule has 152 valence electrons. The standard InChI is InChI=1S/C19H31N5O2.ClH/c1-12-9-15(10-20)11-24(12)18(26)19(7-5-6-8-19)21-17(25)16-13(2)22-23(4)14(16)3;/h12,15H,5-11,20H2,1-4H3,(H,21,25);1H.